The van der Waals surface area contributed by atoms with Crippen LogP contribution in [0.15, 0.2) is 152 Å². The average Bonchev–Trinajstić information content (AvgIpc) is 3.71. The molecule has 0 bridgehead atoms. The number of para-hydroxylation sites is 2. The molecule has 1 aliphatic heterocycles. The largest absolute Gasteiger partial charge is 0.456 e. The maximum absolute atomic E-state index is 6.86. The van der Waals surface area contributed by atoms with E-state index in [1.165, 1.54) is 33.4 Å². The number of fused-ring (bicyclic) bond motifs is 12. The summed E-state index contributed by atoms with van der Waals surface area (Å²) in [7, 11) is 0. The van der Waals surface area contributed by atoms with Gasteiger partial charge in [0.05, 0.1) is 16.4 Å². The zero-order valence-electron chi connectivity index (χ0n) is 24.3. The Kier molecular flexibility index (Phi) is 4.92. The van der Waals surface area contributed by atoms with Crippen molar-refractivity contribution in [1.29, 1.82) is 0 Å². The van der Waals surface area contributed by atoms with Crippen LogP contribution in [-0.4, -0.2) is 9.97 Å². The lowest BCUT2D eigenvalue weighted by atomic mass is 9.65. The predicted molar refractivity (Wildman–Crippen MR) is 182 cm³/mol. The second-order valence-electron chi connectivity index (χ2n) is 12.0. The van der Waals surface area contributed by atoms with Gasteiger partial charge in [-0.15, -0.1) is 0 Å². The van der Waals surface area contributed by atoms with Gasteiger partial charge in [-0.05, 0) is 51.6 Å². The summed E-state index contributed by atoms with van der Waals surface area (Å²) in [5.41, 5.74) is 13.5. The molecule has 3 heteroatoms. The highest BCUT2D eigenvalue weighted by Crippen LogP contribution is 2.63. The summed E-state index contributed by atoms with van der Waals surface area (Å²) in [6.45, 7) is 0. The quantitative estimate of drug-likeness (QED) is 0.223. The Hall–Kier alpha value is -5.93. The SMILES string of the molecule is c1ccc2c(c1)Oc1c(-c3ccc(-c4ccc5ccc6ccnc6c5[nH]4)cc3)cccc1C21c2ccccc2-c2ccccc21. The summed E-state index contributed by atoms with van der Waals surface area (Å²) in [5.74, 6) is 1.82. The summed E-state index contributed by atoms with van der Waals surface area (Å²) >= 11 is 0. The molecule has 0 unspecified atom stereocenters. The molecule has 3 nitrogen and oxygen atoms in total. The van der Waals surface area contributed by atoms with Crippen molar-refractivity contribution in [2.45, 2.75) is 5.41 Å². The highest BCUT2D eigenvalue weighted by molar-refractivity contribution is 6.03. The van der Waals surface area contributed by atoms with Crippen LogP contribution in [0.3, 0.4) is 0 Å². The minimum atomic E-state index is -0.465. The van der Waals surface area contributed by atoms with Gasteiger partial charge < -0.3 is 9.72 Å². The first-order chi connectivity index (χ1) is 22.3. The predicted octanol–water partition coefficient (Wildman–Crippen LogP) is 10.5. The van der Waals surface area contributed by atoms with E-state index >= 15 is 0 Å². The lowest BCUT2D eigenvalue weighted by molar-refractivity contribution is 0.438. The molecule has 0 radical (unpaired) electrons. The number of hydrogen-bond donors (Lipinski definition) is 1. The molecular formula is C42H26N2O. The normalized spacial score (nSPS) is 13.7. The number of ether oxygens (including phenoxy) is 1. The summed E-state index contributed by atoms with van der Waals surface area (Å²) < 4.78 is 6.86. The Labute approximate surface area is 260 Å². The molecule has 8 aromatic rings. The smallest absolute Gasteiger partial charge is 0.140 e. The van der Waals surface area contributed by atoms with E-state index < -0.39 is 5.41 Å². The van der Waals surface area contributed by atoms with Crippen molar-refractivity contribution < 1.29 is 4.74 Å². The van der Waals surface area contributed by atoms with Crippen LogP contribution in [0.25, 0.3) is 55.3 Å². The van der Waals surface area contributed by atoms with Crippen LogP contribution in [0.2, 0.25) is 0 Å². The molecule has 0 fully saturated rings. The molecule has 1 aliphatic carbocycles. The molecule has 3 heterocycles. The van der Waals surface area contributed by atoms with E-state index in [1.54, 1.807) is 0 Å². The van der Waals surface area contributed by atoms with E-state index in [2.05, 4.69) is 156 Å². The van der Waals surface area contributed by atoms with E-state index in [9.17, 15) is 0 Å². The molecule has 10 rings (SSSR count). The van der Waals surface area contributed by atoms with Crippen LogP contribution in [0.1, 0.15) is 22.3 Å². The molecule has 0 saturated carbocycles. The Morgan fingerprint density at radius 2 is 1.11 bits per heavy atom. The van der Waals surface area contributed by atoms with Crippen LogP contribution in [0, 0.1) is 0 Å². The third-order valence-electron chi connectivity index (χ3n) is 9.77. The number of H-pyrrole nitrogens is 1. The molecule has 1 N–H and O–H groups in total. The minimum Gasteiger partial charge on any atom is -0.456 e. The van der Waals surface area contributed by atoms with E-state index in [4.69, 9.17) is 4.74 Å². The van der Waals surface area contributed by atoms with Gasteiger partial charge in [-0.3, -0.25) is 4.98 Å². The van der Waals surface area contributed by atoms with Crippen molar-refractivity contribution in [1.82, 2.24) is 9.97 Å². The Bertz CT molecular complexity index is 2420. The number of aromatic amines is 1. The van der Waals surface area contributed by atoms with E-state index in [0.717, 1.165) is 55.7 Å². The van der Waals surface area contributed by atoms with Gasteiger partial charge >= 0.3 is 0 Å². The molecule has 0 saturated heterocycles. The van der Waals surface area contributed by atoms with E-state index in [0.29, 0.717) is 0 Å². The van der Waals surface area contributed by atoms with Crippen molar-refractivity contribution in [2.75, 3.05) is 0 Å². The molecule has 2 aliphatic rings. The van der Waals surface area contributed by atoms with Gasteiger partial charge in [0.25, 0.3) is 0 Å². The van der Waals surface area contributed by atoms with Gasteiger partial charge in [-0.25, -0.2) is 0 Å². The van der Waals surface area contributed by atoms with Gasteiger partial charge in [-0.1, -0.05) is 127 Å². The molecule has 210 valence electrons. The fourth-order valence-corrected chi connectivity index (χ4v) is 7.81. The lowest BCUT2D eigenvalue weighted by Crippen LogP contribution is -2.32. The second-order valence-corrected chi connectivity index (χ2v) is 12.0. The monoisotopic (exact) mass is 574 g/mol. The van der Waals surface area contributed by atoms with Crippen molar-refractivity contribution in [2.24, 2.45) is 0 Å². The Morgan fingerprint density at radius 3 is 1.91 bits per heavy atom. The average molecular weight is 575 g/mol. The van der Waals surface area contributed by atoms with E-state index in [1.807, 2.05) is 6.20 Å². The fraction of sp³-hybridized carbons (Fsp3) is 0.0238. The molecule has 2 aromatic heterocycles. The maximum Gasteiger partial charge on any atom is 0.140 e. The highest BCUT2D eigenvalue weighted by Gasteiger charge is 2.51. The fourth-order valence-electron chi connectivity index (χ4n) is 7.81. The van der Waals surface area contributed by atoms with Crippen molar-refractivity contribution in [3.63, 3.8) is 0 Å². The summed E-state index contributed by atoms with van der Waals surface area (Å²) in [6.07, 6.45) is 1.87. The third-order valence-corrected chi connectivity index (χ3v) is 9.77. The molecule has 1 spiro atoms. The van der Waals surface area contributed by atoms with Crippen LogP contribution < -0.4 is 4.74 Å². The first kappa shape index (κ1) is 24.5. The highest BCUT2D eigenvalue weighted by atomic mass is 16.5. The van der Waals surface area contributed by atoms with Crippen molar-refractivity contribution in [3.05, 3.63) is 174 Å². The van der Waals surface area contributed by atoms with Crippen molar-refractivity contribution in [3.8, 4) is 45.0 Å². The standard InChI is InChI=1S/C42H26N2O/c1-3-11-33-31(8-1)32-9-2-4-12-34(32)42(33)35-13-5-6-15-38(35)45-41-30(10-7-14-36(41)42)26-16-18-27(19-17-26)37-23-22-28-20-21-29-24-25-43-39(29)40(28)44-37/h1-25,44H. The summed E-state index contributed by atoms with van der Waals surface area (Å²) in [5, 5.41) is 2.30. The topological polar surface area (TPSA) is 37.9 Å². The number of pyridine rings is 1. The zero-order chi connectivity index (χ0) is 29.5. The van der Waals surface area contributed by atoms with Gasteiger partial charge in [0.1, 0.15) is 11.5 Å². The Morgan fingerprint density at radius 1 is 0.489 bits per heavy atom. The van der Waals surface area contributed by atoms with Crippen molar-refractivity contribution >= 4 is 21.8 Å². The van der Waals surface area contributed by atoms with Crippen LogP contribution in [-0.2, 0) is 5.41 Å². The maximum atomic E-state index is 6.86. The molecule has 0 atom stereocenters. The number of nitrogens with one attached hydrogen (secondary N) is 1. The second kappa shape index (κ2) is 9.04. The van der Waals surface area contributed by atoms with Gasteiger partial charge in [0, 0.05) is 39.4 Å². The molecule has 0 amide bonds. The van der Waals surface area contributed by atoms with Crippen LogP contribution in [0.5, 0.6) is 11.5 Å². The third kappa shape index (κ3) is 3.27. The number of aromatic nitrogens is 2. The lowest BCUT2D eigenvalue weighted by Gasteiger charge is -2.40. The van der Waals surface area contributed by atoms with Gasteiger partial charge in [0.2, 0.25) is 0 Å². The first-order valence-corrected chi connectivity index (χ1v) is 15.4. The summed E-state index contributed by atoms with van der Waals surface area (Å²) in [6, 6.07) is 52.3. The van der Waals surface area contributed by atoms with Crippen LogP contribution >= 0.6 is 0 Å². The minimum absolute atomic E-state index is 0.465. The van der Waals surface area contributed by atoms with Crippen LogP contribution in [0.4, 0.5) is 0 Å². The number of nitrogens with zero attached hydrogens (tertiary/aromatic N) is 1. The molecule has 45 heavy (non-hydrogen) atoms. The van der Waals surface area contributed by atoms with Gasteiger partial charge in [-0.2, -0.15) is 0 Å². The number of rotatable bonds is 2. The summed E-state index contributed by atoms with van der Waals surface area (Å²) in [4.78, 5) is 8.26. The molecule has 6 aromatic carbocycles. The number of benzene rings is 6. The zero-order valence-corrected chi connectivity index (χ0v) is 24.3. The first-order valence-electron chi connectivity index (χ1n) is 15.4. The molecular weight excluding hydrogens is 548 g/mol. The van der Waals surface area contributed by atoms with Gasteiger partial charge in [0.15, 0.2) is 0 Å². The Balaban J connectivity index is 1.15. The van der Waals surface area contributed by atoms with E-state index in [-0.39, 0.29) is 0 Å². The number of hydrogen-bond acceptors (Lipinski definition) is 2.